The van der Waals surface area contributed by atoms with Crippen LogP contribution in [0.2, 0.25) is 5.02 Å². The molecule has 0 radical (unpaired) electrons. The zero-order valence-corrected chi connectivity index (χ0v) is 9.77. The van der Waals surface area contributed by atoms with Gasteiger partial charge < -0.3 is 5.32 Å². The summed E-state index contributed by atoms with van der Waals surface area (Å²) in [4.78, 5) is 5.30. The van der Waals surface area contributed by atoms with Crippen LogP contribution in [0.1, 0.15) is 23.7 Å². The van der Waals surface area contributed by atoms with Crippen molar-refractivity contribution < 1.29 is 0 Å². The Hall–Kier alpha value is -0.910. The fourth-order valence-corrected chi connectivity index (χ4v) is 2.24. The Morgan fingerprint density at radius 3 is 3.13 bits per heavy atom. The van der Waals surface area contributed by atoms with Crippen LogP contribution in [0.25, 0.3) is 0 Å². The van der Waals surface area contributed by atoms with Crippen molar-refractivity contribution in [3.63, 3.8) is 0 Å². The maximum atomic E-state index is 5.83. The molecule has 0 aliphatic heterocycles. The number of hydrogen-bond donors (Lipinski definition) is 2. The molecule has 0 aliphatic carbocycles. The third-order valence-electron chi connectivity index (χ3n) is 2.05. The molecule has 0 aromatic carbocycles. The highest BCUT2D eigenvalue weighted by atomic mass is 35.5. The monoisotopic (exact) mass is 242 g/mol. The van der Waals surface area contributed by atoms with Gasteiger partial charge in [0.05, 0.1) is 11.1 Å². The molecule has 1 atom stereocenters. The van der Waals surface area contributed by atoms with Crippen molar-refractivity contribution in [1.29, 1.82) is 0 Å². The number of aromatic nitrogens is 3. The highest BCUT2D eigenvalue weighted by Gasteiger charge is 2.07. The molecule has 4 nitrogen and oxygen atoms in total. The first kappa shape index (κ1) is 10.6. The van der Waals surface area contributed by atoms with Crippen molar-refractivity contribution >= 4 is 22.9 Å². The van der Waals surface area contributed by atoms with Crippen molar-refractivity contribution in [3.05, 3.63) is 33.5 Å². The van der Waals surface area contributed by atoms with Crippen LogP contribution in [0.15, 0.2) is 17.8 Å². The van der Waals surface area contributed by atoms with Gasteiger partial charge in [0.25, 0.3) is 0 Å². The second-order valence-corrected chi connectivity index (χ2v) is 4.64. The van der Waals surface area contributed by atoms with Crippen molar-refractivity contribution in [1.82, 2.24) is 20.5 Å². The molecule has 2 aromatic rings. The van der Waals surface area contributed by atoms with E-state index in [2.05, 4.69) is 20.5 Å². The zero-order chi connectivity index (χ0) is 10.7. The first-order chi connectivity index (χ1) is 7.25. The number of nitrogens with zero attached hydrogens (tertiary/aromatic N) is 2. The Morgan fingerprint density at radius 1 is 1.67 bits per heavy atom. The van der Waals surface area contributed by atoms with Crippen LogP contribution in [-0.4, -0.2) is 15.2 Å². The van der Waals surface area contributed by atoms with Crippen molar-refractivity contribution in [2.75, 3.05) is 0 Å². The number of rotatable bonds is 4. The fourth-order valence-electron chi connectivity index (χ4n) is 1.22. The molecule has 0 saturated heterocycles. The second kappa shape index (κ2) is 4.74. The molecule has 0 bridgehead atoms. The average Bonchev–Trinajstić information content (AvgIpc) is 2.84. The van der Waals surface area contributed by atoms with Crippen LogP contribution in [0, 0.1) is 0 Å². The van der Waals surface area contributed by atoms with E-state index in [-0.39, 0.29) is 6.04 Å². The Kier molecular flexibility index (Phi) is 3.35. The van der Waals surface area contributed by atoms with E-state index in [1.165, 1.54) is 11.2 Å². The summed E-state index contributed by atoms with van der Waals surface area (Å²) >= 11 is 7.48. The lowest BCUT2D eigenvalue weighted by molar-refractivity contribution is 0.551. The van der Waals surface area contributed by atoms with Crippen LogP contribution in [0.3, 0.4) is 0 Å². The Bertz CT molecular complexity index is 411. The fraction of sp³-hybridized carbons (Fsp3) is 0.333. The third-order valence-corrected chi connectivity index (χ3v) is 3.33. The van der Waals surface area contributed by atoms with Gasteiger partial charge in [0, 0.05) is 16.8 Å². The lowest BCUT2D eigenvalue weighted by Crippen LogP contribution is -2.18. The molecule has 0 aliphatic rings. The minimum atomic E-state index is 0.161. The van der Waals surface area contributed by atoms with E-state index >= 15 is 0 Å². The number of hydrogen-bond acceptors (Lipinski definition) is 4. The number of halogens is 1. The number of aromatic amines is 1. The Morgan fingerprint density at radius 2 is 2.53 bits per heavy atom. The maximum absolute atomic E-state index is 5.83. The summed E-state index contributed by atoms with van der Waals surface area (Å²) in [7, 11) is 0. The van der Waals surface area contributed by atoms with E-state index < -0.39 is 0 Å². The normalized spacial score (nSPS) is 12.9. The number of H-pyrrole nitrogens is 1. The summed E-state index contributed by atoms with van der Waals surface area (Å²) in [5.41, 5.74) is 0. The lowest BCUT2D eigenvalue weighted by atomic mass is 10.3. The molecule has 0 spiro atoms. The predicted octanol–water partition coefficient (Wildman–Crippen LogP) is 2.37. The SMILES string of the molecule is CC(NCc1cc(Cl)cs1)c1ncn[nH]1. The molecule has 2 aromatic heterocycles. The molecule has 0 fully saturated rings. The number of nitrogens with one attached hydrogen (secondary N) is 2. The Balaban J connectivity index is 1.88. The van der Waals surface area contributed by atoms with Gasteiger partial charge in [-0.2, -0.15) is 5.10 Å². The minimum absolute atomic E-state index is 0.161. The lowest BCUT2D eigenvalue weighted by Gasteiger charge is -2.09. The predicted molar refractivity (Wildman–Crippen MR) is 61.0 cm³/mol. The molecule has 80 valence electrons. The largest absolute Gasteiger partial charge is 0.303 e. The molecule has 0 amide bonds. The topological polar surface area (TPSA) is 53.6 Å². The molecule has 15 heavy (non-hydrogen) atoms. The standard InChI is InChI=1S/C9H11ClN4S/c1-6(9-12-5-13-14-9)11-3-8-2-7(10)4-15-8/h2,4-6,11H,3H2,1H3,(H,12,13,14). The van der Waals surface area contributed by atoms with Crippen LogP contribution in [0.4, 0.5) is 0 Å². The van der Waals surface area contributed by atoms with Gasteiger partial charge in [-0.3, -0.25) is 5.10 Å². The van der Waals surface area contributed by atoms with Crippen LogP contribution >= 0.6 is 22.9 Å². The smallest absolute Gasteiger partial charge is 0.141 e. The van der Waals surface area contributed by atoms with Crippen LogP contribution < -0.4 is 5.32 Å². The summed E-state index contributed by atoms with van der Waals surface area (Å²) in [5, 5.41) is 12.7. The average molecular weight is 243 g/mol. The maximum Gasteiger partial charge on any atom is 0.141 e. The molecule has 2 heterocycles. The first-order valence-corrected chi connectivity index (χ1v) is 5.83. The van der Waals surface area contributed by atoms with Gasteiger partial charge in [-0.25, -0.2) is 4.98 Å². The number of thiophene rings is 1. The quantitative estimate of drug-likeness (QED) is 0.866. The van der Waals surface area contributed by atoms with Gasteiger partial charge in [0.15, 0.2) is 0 Å². The summed E-state index contributed by atoms with van der Waals surface area (Å²) in [6, 6.07) is 2.13. The van der Waals surface area contributed by atoms with Gasteiger partial charge in [0.1, 0.15) is 12.2 Å². The minimum Gasteiger partial charge on any atom is -0.303 e. The third kappa shape index (κ3) is 2.77. The highest BCUT2D eigenvalue weighted by Crippen LogP contribution is 2.19. The van der Waals surface area contributed by atoms with E-state index in [1.807, 2.05) is 18.4 Å². The molecule has 2 N–H and O–H groups in total. The molecule has 0 saturated carbocycles. The molecular weight excluding hydrogens is 232 g/mol. The van der Waals surface area contributed by atoms with E-state index in [0.29, 0.717) is 0 Å². The summed E-state index contributed by atoms with van der Waals surface area (Å²) in [5.74, 6) is 0.845. The first-order valence-electron chi connectivity index (χ1n) is 4.57. The Labute approximate surface area is 96.7 Å². The zero-order valence-electron chi connectivity index (χ0n) is 8.20. The van der Waals surface area contributed by atoms with E-state index in [0.717, 1.165) is 17.4 Å². The molecular formula is C9H11ClN4S. The van der Waals surface area contributed by atoms with Crippen molar-refractivity contribution in [2.24, 2.45) is 0 Å². The molecule has 1 unspecified atom stereocenters. The van der Waals surface area contributed by atoms with Crippen LogP contribution in [-0.2, 0) is 6.54 Å². The van der Waals surface area contributed by atoms with E-state index in [4.69, 9.17) is 11.6 Å². The van der Waals surface area contributed by atoms with E-state index in [9.17, 15) is 0 Å². The van der Waals surface area contributed by atoms with Gasteiger partial charge in [-0.1, -0.05) is 11.6 Å². The molecule has 2 rings (SSSR count). The van der Waals surface area contributed by atoms with Gasteiger partial charge in [0.2, 0.25) is 0 Å². The van der Waals surface area contributed by atoms with E-state index in [1.54, 1.807) is 11.3 Å². The summed E-state index contributed by atoms with van der Waals surface area (Å²) in [6.45, 7) is 2.83. The second-order valence-electron chi connectivity index (χ2n) is 3.20. The van der Waals surface area contributed by atoms with Gasteiger partial charge in [-0.15, -0.1) is 11.3 Å². The van der Waals surface area contributed by atoms with Gasteiger partial charge in [-0.05, 0) is 13.0 Å². The van der Waals surface area contributed by atoms with Crippen LogP contribution in [0.5, 0.6) is 0 Å². The summed E-state index contributed by atoms with van der Waals surface area (Å²) < 4.78 is 0. The summed E-state index contributed by atoms with van der Waals surface area (Å²) in [6.07, 6.45) is 1.51. The van der Waals surface area contributed by atoms with Crippen molar-refractivity contribution in [2.45, 2.75) is 19.5 Å². The van der Waals surface area contributed by atoms with Gasteiger partial charge >= 0.3 is 0 Å². The highest BCUT2D eigenvalue weighted by molar-refractivity contribution is 7.10. The van der Waals surface area contributed by atoms with Crippen molar-refractivity contribution in [3.8, 4) is 0 Å². The molecule has 6 heteroatoms.